The molecule has 1 amide bonds. The molecule has 4 heterocycles. The van der Waals surface area contributed by atoms with Crippen molar-refractivity contribution in [2.75, 3.05) is 18.0 Å². The van der Waals surface area contributed by atoms with Gasteiger partial charge in [-0.05, 0) is 68.4 Å². The van der Waals surface area contributed by atoms with Crippen molar-refractivity contribution in [1.82, 2.24) is 25.1 Å². The van der Waals surface area contributed by atoms with Crippen LogP contribution in [0.15, 0.2) is 36.8 Å². The van der Waals surface area contributed by atoms with Crippen LogP contribution in [0.25, 0.3) is 0 Å². The highest BCUT2D eigenvalue weighted by Gasteiger charge is 2.52. The molecule has 1 saturated heterocycles. The van der Waals surface area contributed by atoms with Gasteiger partial charge in [-0.1, -0.05) is 6.07 Å². The Kier molecular flexibility index (Phi) is 4.35. The molecule has 3 aliphatic rings. The lowest BCUT2D eigenvalue weighted by Gasteiger charge is -2.41. The van der Waals surface area contributed by atoms with E-state index in [1.807, 2.05) is 30.1 Å². The molecule has 1 atom stereocenters. The monoisotopic (exact) mass is 428 g/mol. The molecule has 3 aromatic heterocycles. The SMILES string of the molecule is Cc1nc(N2CC3(CC3)C2)ccc1Cn1cc(C(=O)N[C@@H]2CCc3c2ccnc3C)cn1. The van der Waals surface area contributed by atoms with Crippen LogP contribution in [-0.2, 0) is 13.0 Å². The average molecular weight is 429 g/mol. The first-order valence-electron chi connectivity index (χ1n) is 11.5. The van der Waals surface area contributed by atoms with Gasteiger partial charge in [0.1, 0.15) is 5.82 Å². The molecule has 6 rings (SSSR count). The first kappa shape index (κ1) is 19.5. The third kappa shape index (κ3) is 3.36. The molecule has 2 aliphatic carbocycles. The zero-order valence-electron chi connectivity index (χ0n) is 18.6. The van der Waals surface area contributed by atoms with Crippen LogP contribution < -0.4 is 10.2 Å². The van der Waals surface area contributed by atoms with Crippen molar-refractivity contribution in [3.63, 3.8) is 0 Å². The number of pyridine rings is 2. The summed E-state index contributed by atoms with van der Waals surface area (Å²) in [5.74, 6) is 0.993. The maximum absolute atomic E-state index is 12.8. The lowest BCUT2D eigenvalue weighted by Crippen LogP contribution is -2.48. The maximum atomic E-state index is 12.8. The van der Waals surface area contributed by atoms with Gasteiger partial charge in [-0.2, -0.15) is 5.10 Å². The number of carbonyl (C=O) groups excluding carboxylic acids is 1. The van der Waals surface area contributed by atoms with Crippen molar-refractivity contribution in [3.05, 3.63) is 70.4 Å². The average Bonchev–Trinajstić information content (AvgIpc) is 3.25. The number of aromatic nitrogens is 4. The number of rotatable bonds is 5. The highest BCUT2D eigenvalue weighted by atomic mass is 16.1. The summed E-state index contributed by atoms with van der Waals surface area (Å²) in [6.07, 6.45) is 9.92. The van der Waals surface area contributed by atoms with Gasteiger partial charge < -0.3 is 10.2 Å². The molecule has 1 spiro atoms. The van der Waals surface area contributed by atoms with Gasteiger partial charge in [0.25, 0.3) is 5.91 Å². The minimum Gasteiger partial charge on any atom is -0.355 e. The Morgan fingerprint density at radius 3 is 2.81 bits per heavy atom. The second kappa shape index (κ2) is 7.15. The summed E-state index contributed by atoms with van der Waals surface area (Å²) in [7, 11) is 0. The van der Waals surface area contributed by atoms with Gasteiger partial charge in [0.15, 0.2) is 0 Å². The molecule has 1 N–H and O–H groups in total. The van der Waals surface area contributed by atoms with Crippen LogP contribution >= 0.6 is 0 Å². The van der Waals surface area contributed by atoms with Crippen LogP contribution in [0.5, 0.6) is 0 Å². The number of anilines is 1. The van der Waals surface area contributed by atoms with Crippen molar-refractivity contribution in [3.8, 4) is 0 Å². The predicted octanol–water partition coefficient (Wildman–Crippen LogP) is 3.36. The number of fused-ring (bicyclic) bond motifs is 1. The maximum Gasteiger partial charge on any atom is 0.254 e. The number of aryl methyl sites for hydroxylation is 2. The molecule has 164 valence electrons. The van der Waals surface area contributed by atoms with Crippen molar-refractivity contribution < 1.29 is 4.79 Å². The van der Waals surface area contributed by atoms with Gasteiger partial charge in [0.05, 0.1) is 24.3 Å². The first-order valence-corrected chi connectivity index (χ1v) is 11.5. The fourth-order valence-corrected chi connectivity index (χ4v) is 5.18. The van der Waals surface area contributed by atoms with Crippen molar-refractivity contribution in [2.45, 2.75) is 52.1 Å². The summed E-state index contributed by atoms with van der Waals surface area (Å²) < 4.78 is 1.82. The number of amides is 1. The molecule has 1 aliphatic heterocycles. The van der Waals surface area contributed by atoms with Crippen LogP contribution in [0.3, 0.4) is 0 Å². The van der Waals surface area contributed by atoms with E-state index in [1.54, 1.807) is 6.20 Å². The Hall–Kier alpha value is -3.22. The smallest absolute Gasteiger partial charge is 0.254 e. The standard InChI is InChI=1S/C25H28N6O/c1-16-18(3-6-23(28-16)30-14-25(15-30)8-9-25)12-31-13-19(11-27-31)24(32)29-22-5-4-20-17(2)26-10-7-21(20)22/h3,6-7,10-11,13,22H,4-5,8-9,12,14-15H2,1-2H3,(H,29,32)/t22-/m1/s1. The first-order chi connectivity index (χ1) is 15.5. The topological polar surface area (TPSA) is 75.9 Å². The molecule has 0 radical (unpaired) electrons. The Morgan fingerprint density at radius 2 is 2.03 bits per heavy atom. The van der Waals surface area contributed by atoms with E-state index in [2.05, 4.69) is 39.4 Å². The van der Waals surface area contributed by atoms with Crippen LogP contribution in [0.1, 0.15) is 63.7 Å². The van der Waals surface area contributed by atoms with Crippen LogP contribution in [-0.4, -0.2) is 38.7 Å². The van der Waals surface area contributed by atoms with E-state index in [9.17, 15) is 4.79 Å². The molecule has 32 heavy (non-hydrogen) atoms. The Morgan fingerprint density at radius 1 is 1.19 bits per heavy atom. The largest absolute Gasteiger partial charge is 0.355 e. The molecule has 3 aromatic rings. The molecule has 2 fully saturated rings. The Balaban J connectivity index is 1.11. The summed E-state index contributed by atoms with van der Waals surface area (Å²) in [6.45, 7) is 6.99. The molecular weight excluding hydrogens is 400 g/mol. The lowest BCUT2D eigenvalue weighted by atomic mass is 9.97. The minimum atomic E-state index is -0.0828. The Bertz CT molecular complexity index is 1200. The van der Waals surface area contributed by atoms with Crippen LogP contribution in [0, 0.1) is 19.3 Å². The molecule has 0 aromatic carbocycles. The number of carbonyl (C=O) groups is 1. The van der Waals surface area contributed by atoms with Gasteiger partial charge in [-0.15, -0.1) is 0 Å². The molecular formula is C25H28N6O. The fourth-order valence-electron chi connectivity index (χ4n) is 5.18. The van der Waals surface area contributed by atoms with Gasteiger partial charge in [0.2, 0.25) is 0 Å². The molecule has 0 bridgehead atoms. The van der Waals surface area contributed by atoms with E-state index in [0.29, 0.717) is 17.5 Å². The second-order valence-electron chi connectivity index (χ2n) is 9.73. The highest BCUT2D eigenvalue weighted by Crippen LogP contribution is 2.53. The van der Waals surface area contributed by atoms with E-state index in [4.69, 9.17) is 4.98 Å². The van der Waals surface area contributed by atoms with E-state index in [0.717, 1.165) is 48.7 Å². The third-order valence-corrected chi connectivity index (χ3v) is 7.41. The van der Waals surface area contributed by atoms with Gasteiger partial charge in [-0.25, -0.2) is 4.98 Å². The van der Waals surface area contributed by atoms with E-state index in [1.165, 1.54) is 24.0 Å². The van der Waals surface area contributed by atoms with Crippen LogP contribution in [0.4, 0.5) is 5.82 Å². The minimum absolute atomic E-state index is 0.0396. The molecule has 0 unspecified atom stereocenters. The van der Waals surface area contributed by atoms with E-state index >= 15 is 0 Å². The number of nitrogens with zero attached hydrogens (tertiary/aromatic N) is 5. The summed E-state index contributed by atoms with van der Waals surface area (Å²) in [5, 5.41) is 7.60. The van der Waals surface area contributed by atoms with E-state index in [-0.39, 0.29) is 11.9 Å². The Labute approximate surface area is 187 Å². The molecule has 7 nitrogen and oxygen atoms in total. The zero-order valence-corrected chi connectivity index (χ0v) is 18.6. The number of nitrogens with one attached hydrogen (secondary N) is 1. The summed E-state index contributed by atoms with van der Waals surface area (Å²) in [5.41, 5.74) is 6.87. The quantitative estimate of drug-likeness (QED) is 0.674. The fraction of sp³-hybridized carbons (Fsp3) is 0.440. The third-order valence-electron chi connectivity index (χ3n) is 7.41. The molecule has 1 saturated carbocycles. The summed E-state index contributed by atoms with van der Waals surface area (Å²) >= 11 is 0. The zero-order chi connectivity index (χ0) is 21.9. The van der Waals surface area contributed by atoms with Crippen molar-refractivity contribution in [2.24, 2.45) is 5.41 Å². The lowest BCUT2D eigenvalue weighted by molar-refractivity contribution is 0.0936. The van der Waals surface area contributed by atoms with Gasteiger partial charge in [0, 0.05) is 42.3 Å². The van der Waals surface area contributed by atoms with Crippen LogP contribution in [0.2, 0.25) is 0 Å². The highest BCUT2D eigenvalue weighted by molar-refractivity contribution is 5.94. The number of hydrogen-bond donors (Lipinski definition) is 1. The predicted molar refractivity (Wildman–Crippen MR) is 122 cm³/mol. The van der Waals surface area contributed by atoms with Gasteiger partial charge >= 0.3 is 0 Å². The van der Waals surface area contributed by atoms with E-state index < -0.39 is 0 Å². The van der Waals surface area contributed by atoms with Gasteiger partial charge in [-0.3, -0.25) is 14.5 Å². The second-order valence-corrected chi connectivity index (χ2v) is 9.73. The van der Waals surface area contributed by atoms with Crippen molar-refractivity contribution in [1.29, 1.82) is 0 Å². The number of hydrogen-bond acceptors (Lipinski definition) is 5. The van der Waals surface area contributed by atoms with Crippen molar-refractivity contribution >= 4 is 11.7 Å². The molecule has 7 heteroatoms. The normalized spacial score (nSPS) is 20.2. The summed E-state index contributed by atoms with van der Waals surface area (Å²) in [6, 6.07) is 6.32. The summed E-state index contributed by atoms with van der Waals surface area (Å²) in [4.78, 5) is 24.4.